The lowest BCUT2D eigenvalue weighted by Crippen LogP contribution is -2.31. The van der Waals surface area contributed by atoms with Crippen LogP contribution < -0.4 is 10.1 Å². The Kier molecular flexibility index (Phi) is 8.76. The lowest BCUT2D eigenvalue weighted by molar-refractivity contribution is -0.123. The van der Waals surface area contributed by atoms with Gasteiger partial charge < -0.3 is 10.1 Å². The first-order chi connectivity index (χ1) is 14.2. The molecule has 0 aliphatic carbocycles. The van der Waals surface area contributed by atoms with E-state index in [1.807, 2.05) is 51.3 Å². The maximum Gasteiger partial charge on any atom is 0.258 e. The Morgan fingerprint density at radius 2 is 1.77 bits per heavy atom. The Morgan fingerprint density at radius 3 is 2.30 bits per heavy atom. The van der Waals surface area contributed by atoms with Crippen LogP contribution in [0.25, 0.3) is 0 Å². The number of nitrogens with zero attached hydrogens (tertiary/aromatic N) is 1. The molecule has 8 heteroatoms. The second-order valence-corrected chi connectivity index (χ2v) is 9.69. The zero-order valence-electron chi connectivity index (χ0n) is 18.1. The van der Waals surface area contributed by atoms with Gasteiger partial charge in [0.15, 0.2) is 6.61 Å². The number of thioether (sulfide) groups is 1. The number of benzene rings is 2. The second-order valence-electron chi connectivity index (χ2n) is 6.87. The van der Waals surface area contributed by atoms with Crippen LogP contribution in [-0.2, 0) is 14.8 Å². The van der Waals surface area contributed by atoms with Crippen LogP contribution in [0.3, 0.4) is 0 Å². The Bertz CT molecular complexity index is 956. The van der Waals surface area contributed by atoms with Gasteiger partial charge in [-0.25, -0.2) is 8.42 Å². The van der Waals surface area contributed by atoms with Gasteiger partial charge in [0.25, 0.3) is 5.91 Å². The highest BCUT2D eigenvalue weighted by atomic mass is 32.2. The zero-order valence-corrected chi connectivity index (χ0v) is 19.8. The molecule has 0 bridgehead atoms. The number of hydrogen-bond acceptors (Lipinski definition) is 5. The molecule has 0 aliphatic heterocycles. The van der Waals surface area contributed by atoms with Gasteiger partial charge in [-0.3, -0.25) is 4.79 Å². The van der Waals surface area contributed by atoms with E-state index in [9.17, 15) is 13.2 Å². The Labute approximate surface area is 184 Å². The van der Waals surface area contributed by atoms with Crippen molar-refractivity contribution in [2.45, 2.75) is 43.5 Å². The van der Waals surface area contributed by atoms with Crippen molar-refractivity contribution in [3.63, 3.8) is 0 Å². The molecule has 0 fully saturated rings. The summed E-state index contributed by atoms with van der Waals surface area (Å²) in [7, 11) is -3.53. The summed E-state index contributed by atoms with van der Waals surface area (Å²) >= 11 is 1.67. The minimum atomic E-state index is -3.53. The molecule has 0 aromatic heterocycles. The highest BCUT2D eigenvalue weighted by Gasteiger charge is 2.22. The van der Waals surface area contributed by atoms with E-state index < -0.39 is 10.0 Å². The summed E-state index contributed by atoms with van der Waals surface area (Å²) in [4.78, 5) is 13.7. The number of ether oxygens (including phenoxy) is 1. The molecule has 2 aromatic carbocycles. The smallest absolute Gasteiger partial charge is 0.258 e. The van der Waals surface area contributed by atoms with Gasteiger partial charge in [0.05, 0.1) is 10.9 Å². The molecule has 1 amide bonds. The minimum Gasteiger partial charge on any atom is -0.484 e. The molecule has 0 unspecified atom stereocenters. The van der Waals surface area contributed by atoms with E-state index in [1.165, 1.54) is 15.3 Å². The first-order valence-corrected chi connectivity index (χ1v) is 12.6. The van der Waals surface area contributed by atoms with Crippen LogP contribution in [0.1, 0.15) is 37.9 Å². The molecule has 0 spiro atoms. The number of amides is 1. The highest BCUT2D eigenvalue weighted by Crippen LogP contribution is 2.24. The summed E-state index contributed by atoms with van der Waals surface area (Å²) in [5, 5.41) is 2.92. The van der Waals surface area contributed by atoms with Crippen LogP contribution in [0.2, 0.25) is 0 Å². The lowest BCUT2D eigenvalue weighted by Gasteiger charge is -2.19. The summed E-state index contributed by atoms with van der Waals surface area (Å²) in [6, 6.07) is 12.6. The van der Waals surface area contributed by atoms with Gasteiger partial charge in [0.1, 0.15) is 5.75 Å². The lowest BCUT2D eigenvalue weighted by atomic mass is 10.1. The second kappa shape index (κ2) is 10.8. The zero-order chi connectivity index (χ0) is 22.3. The minimum absolute atomic E-state index is 0.139. The van der Waals surface area contributed by atoms with Gasteiger partial charge in [-0.1, -0.05) is 26.0 Å². The third-order valence-corrected chi connectivity index (χ3v) is 7.63. The van der Waals surface area contributed by atoms with Crippen molar-refractivity contribution < 1.29 is 17.9 Å². The van der Waals surface area contributed by atoms with Crippen LogP contribution in [0.5, 0.6) is 5.75 Å². The number of carbonyl (C=O) groups excluding carboxylic acids is 1. The summed E-state index contributed by atoms with van der Waals surface area (Å²) < 4.78 is 32.3. The fraction of sp³-hybridized carbons (Fsp3) is 0.409. The van der Waals surface area contributed by atoms with E-state index in [0.717, 1.165) is 5.56 Å². The molecule has 2 rings (SSSR count). The average molecular weight is 451 g/mol. The molecule has 30 heavy (non-hydrogen) atoms. The van der Waals surface area contributed by atoms with Crippen molar-refractivity contribution in [3.05, 3.63) is 53.6 Å². The first kappa shape index (κ1) is 24.2. The van der Waals surface area contributed by atoms with Crippen molar-refractivity contribution in [3.8, 4) is 5.75 Å². The monoisotopic (exact) mass is 450 g/mol. The number of carbonyl (C=O) groups is 1. The van der Waals surface area contributed by atoms with Crippen molar-refractivity contribution in [2.75, 3.05) is 26.0 Å². The molecular weight excluding hydrogens is 420 g/mol. The molecule has 1 atom stereocenters. The van der Waals surface area contributed by atoms with Crippen molar-refractivity contribution in [1.82, 2.24) is 9.62 Å². The van der Waals surface area contributed by atoms with Crippen LogP contribution in [-0.4, -0.2) is 44.6 Å². The van der Waals surface area contributed by atoms with Gasteiger partial charge >= 0.3 is 0 Å². The first-order valence-electron chi connectivity index (χ1n) is 9.89. The predicted molar refractivity (Wildman–Crippen MR) is 122 cm³/mol. The quantitative estimate of drug-likeness (QED) is 0.554. The van der Waals surface area contributed by atoms with Gasteiger partial charge in [-0.05, 0) is 61.6 Å². The number of aryl methyl sites for hydroxylation is 1. The summed E-state index contributed by atoms with van der Waals surface area (Å²) in [5.74, 6) is 0.247. The Hall–Kier alpha value is -2.03. The number of sulfonamides is 1. The Balaban J connectivity index is 1.99. The van der Waals surface area contributed by atoms with E-state index in [1.54, 1.807) is 30.8 Å². The van der Waals surface area contributed by atoms with Crippen LogP contribution in [0, 0.1) is 6.92 Å². The third-order valence-electron chi connectivity index (χ3n) is 4.84. The molecule has 0 radical (unpaired) electrons. The Morgan fingerprint density at radius 1 is 1.13 bits per heavy atom. The molecule has 2 aromatic rings. The highest BCUT2D eigenvalue weighted by molar-refractivity contribution is 7.98. The predicted octanol–water partition coefficient (Wildman–Crippen LogP) is 4.00. The van der Waals surface area contributed by atoms with Crippen LogP contribution in [0.4, 0.5) is 0 Å². The van der Waals surface area contributed by atoms with E-state index >= 15 is 0 Å². The normalized spacial score (nSPS) is 12.6. The molecule has 0 saturated heterocycles. The summed E-state index contributed by atoms with van der Waals surface area (Å²) in [6.45, 7) is 7.98. The summed E-state index contributed by atoms with van der Waals surface area (Å²) in [6.07, 6.45) is 2.02. The van der Waals surface area contributed by atoms with Gasteiger partial charge in [0, 0.05) is 18.0 Å². The third kappa shape index (κ3) is 6.00. The van der Waals surface area contributed by atoms with Gasteiger partial charge in [-0.2, -0.15) is 4.31 Å². The molecular formula is C22H30N2O4S2. The van der Waals surface area contributed by atoms with Crippen molar-refractivity contribution in [1.29, 1.82) is 0 Å². The summed E-state index contributed by atoms with van der Waals surface area (Å²) in [5.41, 5.74) is 1.68. The molecule has 1 N–H and O–H groups in total. The molecule has 0 saturated carbocycles. The van der Waals surface area contributed by atoms with E-state index in [4.69, 9.17) is 4.74 Å². The largest absolute Gasteiger partial charge is 0.484 e. The maximum absolute atomic E-state index is 12.6. The maximum atomic E-state index is 12.6. The number of rotatable bonds is 10. The standard InChI is InChI=1S/C22H30N2O4S2/c1-6-24(7-2)30(26,27)20-12-13-21(16(3)14-20)28-15-22(25)23-17(4)18-8-10-19(29-5)11-9-18/h8-14,17H,6-7,15H2,1-5H3,(H,23,25)/t17-/m1/s1. The van der Waals surface area contributed by atoms with E-state index in [2.05, 4.69) is 5.32 Å². The molecule has 0 aliphatic rings. The van der Waals surface area contributed by atoms with Crippen molar-refractivity contribution >= 4 is 27.7 Å². The van der Waals surface area contributed by atoms with Crippen LogP contribution in [0.15, 0.2) is 52.3 Å². The van der Waals surface area contributed by atoms with E-state index in [-0.39, 0.29) is 23.5 Å². The molecule has 6 nitrogen and oxygen atoms in total. The fourth-order valence-corrected chi connectivity index (χ4v) is 5.01. The fourth-order valence-electron chi connectivity index (χ4n) is 3.06. The van der Waals surface area contributed by atoms with E-state index in [0.29, 0.717) is 24.4 Å². The number of nitrogens with one attached hydrogen (secondary N) is 1. The molecule has 0 heterocycles. The SMILES string of the molecule is CCN(CC)S(=O)(=O)c1ccc(OCC(=O)N[C@H](C)c2ccc(SC)cc2)c(C)c1. The average Bonchev–Trinajstić information content (AvgIpc) is 2.73. The number of hydrogen-bond donors (Lipinski definition) is 1. The van der Waals surface area contributed by atoms with Gasteiger partial charge in [-0.15, -0.1) is 11.8 Å². The molecule has 164 valence electrons. The van der Waals surface area contributed by atoms with Crippen molar-refractivity contribution in [2.24, 2.45) is 0 Å². The topological polar surface area (TPSA) is 75.7 Å². The van der Waals surface area contributed by atoms with Crippen LogP contribution >= 0.6 is 11.8 Å². The van der Waals surface area contributed by atoms with Gasteiger partial charge in [0.2, 0.25) is 10.0 Å².